The summed E-state index contributed by atoms with van der Waals surface area (Å²) in [6.07, 6.45) is 4.45. The van der Waals surface area contributed by atoms with Crippen LogP contribution in [0.15, 0.2) is 12.3 Å². The molecule has 1 atom stereocenters. The highest BCUT2D eigenvalue weighted by atomic mass is 16.1. The van der Waals surface area contributed by atoms with Crippen LogP contribution >= 0.6 is 0 Å². The van der Waals surface area contributed by atoms with Crippen LogP contribution in [0, 0.1) is 0 Å². The molecule has 0 amide bonds. The maximum absolute atomic E-state index is 11.2. The van der Waals surface area contributed by atoms with Crippen molar-refractivity contribution in [2.24, 2.45) is 0 Å². The monoisotopic (exact) mass is 150 g/mol. The second kappa shape index (κ2) is 2.49. The highest BCUT2D eigenvalue weighted by molar-refractivity contribution is 5.87. The predicted octanol–water partition coefficient (Wildman–Crippen LogP) is 1.25. The first-order chi connectivity index (χ1) is 5.38. The van der Waals surface area contributed by atoms with Gasteiger partial charge in [0.2, 0.25) is 0 Å². The zero-order chi connectivity index (χ0) is 7.68. The van der Waals surface area contributed by atoms with Crippen LogP contribution in [-0.2, 0) is 4.79 Å². The molecule has 3 nitrogen and oxygen atoms in total. The first-order valence-corrected chi connectivity index (χ1v) is 3.90. The van der Waals surface area contributed by atoms with E-state index < -0.39 is 0 Å². The Balaban J connectivity index is 2.23. The van der Waals surface area contributed by atoms with Crippen molar-refractivity contribution in [2.45, 2.75) is 25.2 Å². The Kier molecular flexibility index (Phi) is 1.49. The highest BCUT2D eigenvalue weighted by Gasteiger charge is 2.26. The number of carbonyl (C=O) groups excluding carboxylic acids is 1. The van der Waals surface area contributed by atoms with E-state index in [1.54, 1.807) is 6.20 Å². The summed E-state index contributed by atoms with van der Waals surface area (Å²) in [5.74, 6) is 0.465. The predicted molar refractivity (Wildman–Crippen MR) is 40.2 cm³/mol. The Hall–Kier alpha value is -1.12. The van der Waals surface area contributed by atoms with Gasteiger partial charge < -0.3 is 0 Å². The number of hydrogen-bond acceptors (Lipinski definition) is 2. The normalized spacial score (nSPS) is 24.4. The number of aromatic amines is 1. The maximum Gasteiger partial charge on any atom is 0.141 e. The number of hydrogen-bond donors (Lipinski definition) is 1. The average Bonchev–Trinajstić information content (AvgIpc) is 2.55. The maximum atomic E-state index is 11.2. The number of carbonyl (C=O) groups is 1. The van der Waals surface area contributed by atoms with Crippen LogP contribution in [0.25, 0.3) is 0 Å². The van der Waals surface area contributed by atoms with Gasteiger partial charge in [-0.1, -0.05) is 0 Å². The fourth-order valence-corrected chi connectivity index (χ4v) is 1.61. The third kappa shape index (κ3) is 1.06. The molecule has 1 aliphatic carbocycles. The van der Waals surface area contributed by atoms with Crippen LogP contribution in [-0.4, -0.2) is 16.0 Å². The van der Waals surface area contributed by atoms with Gasteiger partial charge in [-0.05, 0) is 18.9 Å². The smallest absolute Gasteiger partial charge is 0.141 e. The summed E-state index contributed by atoms with van der Waals surface area (Å²) in [4.78, 5) is 11.2. The summed E-state index contributed by atoms with van der Waals surface area (Å²) in [6.45, 7) is 0. The zero-order valence-corrected chi connectivity index (χ0v) is 6.21. The van der Waals surface area contributed by atoms with E-state index >= 15 is 0 Å². The lowest BCUT2D eigenvalue weighted by Crippen LogP contribution is -2.04. The van der Waals surface area contributed by atoms with Gasteiger partial charge in [-0.15, -0.1) is 0 Å². The topological polar surface area (TPSA) is 45.8 Å². The molecule has 2 rings (SSSR count). The molecule has 1 aromatic heterocycles. The molecule has 1 unspecified atom stereocenters. The molecule has 0 aromatic carbocycles. The molecule has 0 aliphatic heterocycles. The van der Waals surface area contributed by atoms with Crippen molar-refractivity contribution in [3.05, 3.63) is 18.0 Å². The molecule has 1 aromatic rings. The van der Waals surface area contributed by atoms with Crippen LogP contribution < -0.4 is 0 Å². The number of aromatic nitrogens is 2. The van der Waals surface area contributed by atoms with Gasteiger partial charge in [0.25, 0.3) is 0 Å². The van der Waals surface area contributed by atoms with E-state index in [1.807, 2.05) is 6.07 Å². The van der Waals surface area contributed by atoms with Crippen LogP contribution in [0.3, 0.4) is 0 Å². The summed E-state index contributed by atoms with van der Waals surface area (Å²) >= 11 is 0. The first-order valence-electron chi connectivity index (χ1n) is 3.90. The second-order valence-corrected chi connectivity index (χ2v) is 2.92. The first kappa shape index (κ1) is 6.58. The standard InChI is InChI=1S/C8H10N2O/c11-8-3-1-2-6(8)7-4-5-9-10-7/h4-6H,1-3H2,(H,9,10). The lowest BCUT2D eigenvalue weighted by atomic mass is 10.0. The number of nitrogens with one attached hydrogen (secondary N) is 1. The van der Waals surface area contributed by atoms with Gasteiger partial charge in [-0.25, -0.2) is 0 Å². The molecule has 3 heteroatoms. The fraction of sp³-hybridized carbons (Fsp3) is 0.500. The van der Waals surface area contributed by atoms with Crippen molar-refractivity contribution >= 4 is 5.78 Å². The molecule has 1 heterocycles. The van der Waals surface area contributed by atoms with Crippen LogP contribution in [0.1, 0.15) is 30.9 Å². The second-order valence-electron chi connectivity index (χ2n) is 2.92. The van der Waals surface area contributed by atoms with E-state index in [0.29, 0.717) is 5.78 Å². The summed E-state index contributed by atoms with van der Waals surface area (Å²) in [5.41, 5.74) is 0.979. The molecular formula is C8H10N2O. The van der Waals surface area contributed by atoms with Gasteiger partial charge in [-0.3, -0.25) is 9.89 Å². The minimum atomic E-state index is 0.109. The molecule has 1 saturated carbocycles. The number of Topliss-reactive ketones (excluding diaryl/α,β-unsaturated/α-hetero) is 1. The third-order valence-corrected chi connectivity index (χ3v) is 2.20. The molecule has 0 bridgehead atoms. The fourth-order valence-electron chi connectivity index (χ4n) is 1.61. The average molecular weight is 150 g/mol. The van der Waals surface area contributed by atoms with Crippen molar-refractivity contribution in [3.8, 4) is 0 Å². The molecule has 0 spiro atoms. The Morgan fingerprint density at radius 2 is 2.55 bits per heavy atom. The Bertz CT molecular complexity index is 253. The summed E-state index contributed by atoms with van der Waals surface area (Å²) in [5, 5.41) is 6.66. The Labute approximate surface area is 64.8 Å². The van der Waals surface area contributed by atoms with Crippen molar-refractivity contribution in [1.82, 2.24) is 10.2 Å². The molecule has 11 heavy (non-hydrogen) atoms. The van der Waals surface area contributed by atoms with Gasteiger partial charge in [-0.2, -0.15) is 5.10 Å². The van der Waals surface area contributed by atoms with Crippen LogP contribution in [0.2, 0.25) is 0 Å². The number of H-pyrrole nitrogens is 1. The minimum absolute atomic E-state index is 0.109. The highest BCUT2D eigenvalue weighted by Crippen LogP contribution is 2.29. The van der Waals surface area contributed by atoms with Crippen molar-refractivity contribution in [3.63, 3.8) is 0 Å². The summed E-state index contributed by atoms with van der Waals surface area (Å²) in [6, 6.07) is 1.88. The number of nitrogens with zero attached hydrogens (tertiary/aromatic N) is 1. The Morgan fingerprint density at radius 3 is 3.09 bits per heavy atom. The Morgan fingerprint density at radius 1 is 1.64 bits per heavy atom. The number of rotatable bonds is 1. The van der Waals surface area contributed by atoms with E-state index in [9.17, 15) is 4.79 Å². The summed E-state index contributed by atoms with van der Waals surface area (Å²) in [7, 11) is 0. The zero-order valence-electron chi connectivity index (χ0n) is 6.21. The van der Waals surface area contributed by atoms with Crippen LogP contribution in [0.4, 0.5) is 0 Å². The van der Waals surface area contributed by atoms with Crippen LogP contribution in [0.5, 0.6) is 0 Å². The van der Waals surface area contributed by atoms with Gasteiger partial charge in [0, 0.05) is 18.3 Å². The van der Waals surface area contributed by atoms with Gasteiger partial charge in [0.15, 0.2) is 0 Å². The SMILES string of the molecule is O=C1CCCC1c1ccn[nH]1. The minimum Gasteiger partial charge on any atom is -0.299 e. The lowest BCUT2D eigenvalue weighted by molar-refractivity contribution is -0.118. The van der Waals surface area contributed by atoms with E-state index in [1.165, 1.54) is 0 Å². The largest absolute Gasteiger partial charge is 0.299 e. The van der Waals surface area contributed by atoms with Crippen molar-refractivity contribution < 1.29 is 4.79 Å². The van der Waals surface area contributed by atoms with E-state index in [-0.39, 0.29) is 5.92 Å². The quantitative estimate of drug-likeness (QED) is 0.654. The molecule has 0 radical (unpaired) electrons. The van der Waals surface area contributed by atoms with E-state index in [2.05, 4.69) is 10.2 Å². The van der Waals surface area contributed by atoms with Crippen molar-refractivity contribution in [1.29, 1.82) is 0 Å². The number of ketones is 1. The molecular weight excluding hydrogens is 140 g/mol. The molecule has 1 fully saturated rings. The lowest BCUT2D eigenvalue weighted by Gasteiger charge is -2.01. The molecule has 1 N–H and O–H groups in total. The van der Waals surface area contributed by atoms with Crippen molar-refractivity contribution in [2.75, 3.05) is 0 Å². The van der Waals surface area contributed by atoms with E-state index in [0.717, 1.165) is 25.0 Å². The van der Waals surface area contributed by atoms with E-state index in [4.69, 9.17) is 0 Å². The molecule has 58 valence electrons. The molecule has 1 aliphatic rings. The van der Waals surface area contributed by atoms with Gasteiger partial charge in [0.1, 0.15) is 5.78 Å². The third-order valence-electron chi connectivity index (χ3n) is 2.20. The molecule has 0 saturated heterocycles. The summed E-state index contributed by atoms with van der Waals surface area (Å²) < 4.78 is 0. The van der Waals surface area contributed by atoms with Gasteiger partial charge in [0.05, 0.1) is 5.92 Å². The van der Waals surface area contributed by atoms with Gasteiger partial charge >= 0.3 is 0 Å².